The van der Waals surface area contributed by atoms with Gasteiger partial charge in [0.15, 0.2) is 0 Å². The minimum Gasteiger partial charge on any atom is -0.495 e. The highest BCUT2D eigenvalue weighted by molar-refractivity contribution is 6.34. The van der Waals surface area contributed by atoms with Crippen LogP contribution in [0.3, 0.4) is 0 Å². The number of aromatic nitrogens is 4. The fourth-order valence-electron chi connectivity index (χ4n) is 3.12. The number of carbonyl (C=O) groups is 1. The van der Waals surface area contributed by atoms with Crippen molar-refractivity contribution >= 4 is 28.8 Å². The van der Waals surface area contributed by atoms with E-state index in [9.17, 15) is 9.18 Å². The van der Waals surface area contributed by atoms with E-state index in [0.717, 1.165) is 0 Å². The largest absolute Gasteiger partial charge is 0.495 e. The van der Waals surface area contributed by atoms with Gasteiger partial charge in [-0.25, -0.2) is 9.37 Å². The van der Waals surface area contributed by atoms with Gasteiger partial charge in [0.05, 0.1) is 36.1 Å². The number of hydrogen-bond donors (Lipinski definition) is 1. The predicted molar refractivity (Wildman–Crippen MR) is 107 cm³/mol. The highest BCUT2D eigenvalue weighted by atomic mass is 35.5. The first-order chi connectivity index (χ1) is 14.5. The molecule has 4 aromatic rings. The first-order valence-electron chi connectivity index (χ1n) is 9.13. The molecule has 0 bridgehead atoms. The maximum absolute atomic E-state index is 13.2. The van der Waals surface area contributed by atoms with Gasteiger partial charge in [0.1, 0.15) is 23.3 Å². The number of hydrogen-bond acceptors (Lipinski definition) is 6. The first-order valence-corrected chi connectivity index (χ1v) is 9.51. The quantitative estimate of drug-likeness (QED) is 0.514. The fourth-order valence-corrected chi connectivity index (χ4v) is 3.28. The molecule has 1 saturated carbocycles. The number of halogens is 2. The van der Waals surface area contributed by atoms with Crippen molar-refractivity contribution in [2.45, 2.75) is 18.5 Å². The number of rotatable bonds is 5. The molecule has 1 N–H and O–H groups in total. The maximum Gasteiger partial charge on any atom is 0.274 e. The summed E-state index contributed by atoms with van der Waals surface area (Å²) in [5, 5.41) is 7.03. The van der Waals surface area contributed by atoms with Crippen molar-refractivity contribution in [3.05, 3.63) is 59.3 Å². The molecular weight excluding hydrogens is 413 g/mol. The minimum atomic E-state index is -0.928. The van der Waals surface area contributed by atoms with Gasteiger partial charge in [0, 0.05) is 5.56 Å². The molecule has 0 spiro atoms. The highest BCUT2D eigenvalue weighted by Crippen LogP contribution is 2.43. The van der Waals surface area contributed by atoms with E-state index >= 15 is 0 Å². The van der Waals surface area contributed by atoms with Gasteiger partial charge in [-0.1, -0.05) is 16.8 Å². The second kappa shape index (κ2) is 7.10. The number of methoxy groups -OCH3 is 1. The summed E-state index contributed by atoms with van der Waals surface area (Å²) in [6, 6.07) is 8.47. The Morgan fingerprint density at radius 3 is 2.97 bits per heavy atom. The first kappa shape index (κ1) is 18.6. The van der Waals surface area contributed by atoms with Crippen molar-refractivity contribution in [3.8, 4) is 17.1 Å². The number of nitrogens with zero attached hydrogens (tertiary/aromatic N) is 4. The van der Waals surface area contributed by atoms with Crippen molar-refractivity contribution < 1.29 is 18.4 Å². The van der Waals surface area contributed by atoms with Crippen molar-refractivity contribution in [2.24, 2.45) is 0 Å². The maximum atomic E-state index is 13.2. The van der Waals surface area contributed by atoms with Crippen LogP contribution >= 0.6 is 11.6 Å². The molecule has 152 valence electrons. The molecule has 1 aromatic carbocycles. The van der Waals surface area contributed by atoms with Gasteiger partial charge in [-0.3, -0.25) is 9.20 Å². The second-order valence-electron chi connectivity index (χ2n) is 6.90. The zero-order chi connectivity index (χ0) is 20.8. The van der Waals surface area contributed by atoms with Gasteiger partial charge in [0.25, 0.3) is 5.91 Å². The van der Waals surface area contributed by atoms with Crippen molar-refractivity contribution in [1.29, 1.82) is 0 Å². The van der Waals surface area contributed by atoms with Crippen molar-refractivity contribution in [1.82, 2.24) is 19.5 Å². The molecule has 30 heavy (non-hydrogen) atoms. The number of benzene rings is 1. The van der Waals surface area contributed by atoms with Gasteiger partial charge in [-0.2, -0.15) is 4.98 Å². The lowest BCUT2D eigenvalue weighted by Gasteiger charge is -2.09. The van der Waals surface area contributed by atoms with E-state index in [-0.39, 0.29) is 11.8 Å². The minimum absolute atomic E-state index is 0.276. The fraction of sp³-hybridized carbons (Fsp3) is 0.200. The van der Waals surface area contributed by atoms with Crippen LogP contribution in [0.15, 0.2) is 47.2 Å². The number of nitrogens with one attached hydrogen (secondary N) is 1. The Morgan fingerprint density at radius 2 is 2.20 bits per heavy atom. The number of ether oxygens (including phenoxy) is 1. The number of carbonyl (C=O) groups excluding carboxylic acids is 1. The summed E-state index contributed by atoms with van der Waals surface area (Å²) < 4.78 is 25.2. The third-order valence-electron chi connectivity index (χ3n) is 4.89. The number of imidazole rings is 1. The van der Waals surface area contributed by atoms with E-state index in [0.29, 0.717) is 45.6 Å². The zero-order valence-electron chi connectivity index (χ0n) is 15.7. The molecule has 1 aliphatic rings. The Labute approximate surface area is 174 Å². The predicted octanol–water partition coefficient (Wildman–Crippen LogP) is 4.12. The van der Waals surface area contributed by atoms with Gasteiger partial charge in [0.2, 0.25) is 11.7 Å². The summed E-state index contributed by atoms with van der Waals surface area (Å²) in [5.74, 6) is 0.439. The van der Waals surface area contributed by atoms with E-state index in [2.05, 4.69) is 20.4 Å². The van der Waals surface area contributed by atoms with Gasteiger partial charge < -0.3 is 14.6 Å². The number of anilines is 1. The summed E-state index contributed by atoms with van der Waals surface area (Å²) >= 11 is 6.27. The van der Waals surface area contributed by atoms with Gasteiger partial charge in [-0.15, -0.1) is 0 Å². The number of amides is 1. The van der Waals surface area contributed by atoms with Crippen LogP contribution in [0.5, 0.6) is 5.75 Å². The van der Waals surface area contributed by atoms with Crippen LogP contribution in [0, 0.1) is 0 Å². The Balaban J connectivity index is 1.43. The summed E-state index contributed by atoms with van der Waals surface area (Å²) in [5.41, 5.74) is 1.88. The molecule has 3 heterocycles. The second-order valence-corrected chi connectivity index (χ2v) is 7.31. The molecule has 1 amide bonds. The Morgan fingerprint density at radius 1 is 1.37 bits per heavy atom. The molecule has 0 unspecified atom stereocenters. The SMILES string of the molecule is COc1ccc2ncc(C(=O)Nc3cc(-c4noc([C@H]5C[C@@H]5F)n4)ccc3Cl)n2c1. The van der Waals surface area contributed by atoms with Crippen LogP contribution < -0.4 is 10.1 Å². The monoisotopic (exact) mass is 427 g/mol. The van der Waals surface area contributed by atoms with E-state index in [1.165, 1.54) is 6.20 Å². The number of pyridine rings is 1. The smallest absolute Gasteiger partial charge is 0.274 e. The molecule has 8 nitrogen and oxygen atoms in total. The van der Waals surface area contributed by atoms with Crippen molar-refractivity contribution in [2.75, 3.05) is 12.4 Å². The molecule has 2 atom stereocenters. The highest BCUT2D eigenvalue weighted by Gasteiger charge is 2.43. The number of alkyl halides is 1. The molecule has 10 heteroatoms. The van der Waals surface area contributed by atoms with Gasteiger partial charge in [-0.05, 0) is 36.8 Å². The molecule has 1 fully saturated rings. The van der Waals surface area contributed by atoms with E-state index in [4.69, 9.17) is 20.9 Å². The summed E-state index contributed by atoms with van der Waals surface area (Å²) in [6.07, 6.45) is 2.61. The van der Waals surface area contributed by atoms with Crippen molar-refractivity contribution in [3.63, 3.8) is 0 Å². The lowest BCUT2D eigenvalue weighted by molar-refractivity contribution is 0.102. The number of fused-ring (bicyclic) bond motifs is 1. The van der Waals surface area contributed by atoms with E-state index in [1.54, 1.807) is 48.0 Å². The lowest BCUT2D eigenvalue weighted by Crippen LogP contribution is -2.14. The Hall–Kier alpha value is -3.46. The summed E-state index contributed by atoms with van der Waals surface area (Å²) in [7, 11) is 1.55. The molecule has 1 aliphatic carbocycles. The standard InChI is InChI=1S/C20H15ClFN5O3/c1-29-11-3-5-17-23-8-16(27(17)9-11)19(28)24-15-6-10(2-4-13(15)21)18-25-20(30-26-18)12-7-14(12)22/h2-6,8-9,12,14H,7H2,1H3,(H,24,28)/t12-,14-/m0/s1. The average molecular weight is 428 g/mol. The molecule has 0 saturated heterocycles. The average Bonchev–Trinajstić information content (AvgIpc) is 3.15. The molecular formula is C20H15ClFN5O3. The van der Waals surface area contributed by atoms with E-state index < -0.39 is 12.1 Å². The lowest BCUT2D eigenvalue weighted by atomic mass is 10.2. The molecule has 5 rings (SSSR count). The van der Waals surface area contributed by atoms with Crippen LogP contribution in [0.2, 0.25) is 5.02 Å². The summed E-state index contributed by atoms with van der Waals surface area (Å²) in [6.45, 7) is 0. The zero-order valence-corrected chi connectivity index (χ0v) is 16.4. The third-order valence-corrected chi connectivity index (χ3v) is 5.22. The summed E-state index contributed by atoms with van der Waals surface area (Å²) in [4.78, 5) is 21.3. The van der Waals surface area contributed by atoms with Crippen LogP contribution in [0.4, 0.5) is 10.1 Å². The van der Waals surface area contributed by atoms with E-state index in [1.807, 2.05) is 0 Å². The van der Waals surface area contributed by atoms with Crippen LogP contribution in [-0.4, -0.2) is 38.7 Å². The molecule has 0 radical (unpaired) electrons. The Bertz CT molecular complexity index is 1270. The van der Waals surface area contributed by atoms with Crippen LogP contribution in [0.1, 0.15) is 28.7 Å². The third kappa shape index (κ3) is 3.26. The van der Waals surface area contributed by atoms with Crippen LogP contribution in [0.25, 0.3) is 17.0 Å². The molecule has 3 aromatic heterocycles. The topological polar surface area (TPSA) is 94.5 Å². The van der Waals surface area contributed by atoms with Crippen LogP contribution in [-0.2, 0) is 0 Å². The van der Waals surface area contributed by atoms with Gasteiger partial charge >= 0.3 is 0 Å². The molecule has 0 aliphatic heterocycles. The normalized spacial score (nSPS) is 17.8. The Kier molecular flexibility index (Phi) is 4.39.